The fraction of sp³-hybridized carbons (Fsp3) is 0.500. The molecule has 1 N–H and O–H groups in total. The summed E-state index contributed by atoms with van der Waals surface area (Å²) in [5, 5.41) is 12.3. The van der Waals surface area contributed by atoms with E-state index >= 15 is 0 Å². The highest BCUT2D eigenvalue weighted by molar-refractivity contribution is 5.36. The van der Waals surface area contributed by atoms with E-state index in [2.05, 4.69) is 25.4 Å². The Bertz CT molecular complexity index is 1040. The molecule has 0 aromatic carbocycles. The highest BCUT2D eigenvalue weighted by atomic mass is 16.1. The first-order chi connectivity index (χ1) is 14.3. The molecule has 3 aromatic rings. The molecule has 1 saturated carbocycles. The van der Waals surface area contributed by atoms with Gasteiger partial charge >= 0.3 is 0 Å². The lowest BCUT2D eigenvalue weighted by atomic mass is 9.91. The molecule has 0 radical (unpaired) electrons. The van der Waals surface area contributed by atoms with Crippen LogP contribution in [0.1, 0.15) is 55.8 Å². The molecule has 3 heterocycles. The van der Waals surface area contributed by atoms with Crippen LogP contribution < -0.4 is 10.9 Å². The zero-order valence-corrected chi connectivity index (χ0v) is 16.2. The van der Waals surface area contributed by atoms with Crippen molar-refractivity contribution in [3.05, 3.63) is 52.7 Å². The fourth-order valence-electron chi connectivity index (χ4n) is 4.37. The first-order valence-corrected chi connectivity index (χ1v) is 10.3. The Hall–Kier alpha value is -3.10. The van der Waals surface area contributed by atoms with E-state index in [4.69, 9.17) is 5.10 Å². The van der Waals surface area contributed by atoms with Crippen molar-refractivity contribution in [2.45, 2.75) is 63.5 Å². The summed E-state index contributed by atoms with van der Waals surface area (Å²) < 4.78 is 3.33. The van der Waals surface area contributed by atoms with Gasteiger partial charge in [-0.3, -0.25) is 9.78 Å². The van der Waals surface area contributed by atoms with E-state index in [9.17, 15) is 4.79 Å². The fourth-order valence-corrected chi connectivity index (χ4v) is 4.37. The van der Waals surface area contributed by atoms with Crippen molar-refractivity contribution in [2.75, 3.05) is 5.32 Å². The summed E-state index contributed by atoms with van der Waals surface area (Å²) >= 11 is 0. The molecule has 29 heavy (non-hydrogen) atoms. The smallest absolute Gasteiger partial charge is 0.267 e. The Morgan fingerprint density at radius 2 is 1.90 bits per heavy atom. The molecule has 3 aromatic heterocycles. The molecule has 5 rings (SSSR count). The quantitative estimate of drug-likeness (QED) is 0.725. The van der Waals surface area contributed by atoms with Gasteiger partial charge in [-0.15, -0.1) is 0 Å². The summed E-state index contributed by atoms with van der Waals surface area (Å²) in [4.78, 5) is 25.3. The van der Waals surface area contributed by atoms with Gasteiger partial charge in [0.2, 0.25) is 0 Å². The van der Waals surface area contributed by atoms with Crippen molar-refractivity contribution < 1.29 is 0 Å². The van der Waals surface area contributed by atoms with Gasteiger partial charge < -0.3 is 5.32 Å². The van der Waals surface area contributed by atoms with Crippen LogP contribution in [0.15, 0.2) is 35.9 Å². The molecule has 1 fully saturated rings. The van der Waals surface area contributed by atoms with Gasteiger partial charge in [-0.05, 0) is 56.9 Å². The van der Waals surface area contributed by atoms with E-state index in [1.165, 1.54) is 12.7 Å². The summed E-state index contributed by atoms with van der Waals surface area (Å²) in [5.74, 6) is 1.36. The molecule has 0 amide bonds. The minimum Gasteiger partial charge on any atom is -0.366 e. The van der Waals surface area contributed by atoms with Crippen LogP contribution in [0.2, 0.25) is 0 Å². The zero-order chi connectivity index (χ0) is 19.6. The highest BCUT2D eigenvalue weighted by Gasteiger charge is 2.25. The Morgan fingerprint density at radius 1 is 1.03 bits per heavy atom. The van der Waals surface area contributed by atoms with Crippen molar-refractivity contribution in [3.8, 4) is 5.82 Å². The topological polar surface area (TPSA) is 103 Å². The van der Waals surface area contributed by atoms with Crippen LogP contribution in [0.4, 0.5) is 5.82 Å². The maximum absolute atomic E-state index is 12.6. The molecule has 9 heteroatoms. The maximum Gasteiger partial charge on any atom is 0.267 e. The van der Waals surface area contributed by atoms with Crippen molar-refractivity contribution in [2.24, 2.45) is 0 Å². The van der Waals surface area contributed by atoms with Gasteiger partial charge in [0.05, 0.1) is 24.1 Å². The summed E-state index contributed by atoms with van der Waals surface area (Å²) in [6.45, 7) is 0. The largest absolute Gasteiger partial charge is 0.366 e. The number of aromatic nitrogens is 7. The van der Waals surface area contributed by atoms with E-state index in [-0.39, 0.29) is 11.6 Å². The Morgan fingerprint density at radius 3 is 2.72 bits per heavy atom. The number of nitrogens with one attached hydrogen (secondary N) is 1. The monoisotopic (exact) mass is 392 g/mol. The molecule has 2 aliphatic carbocycles. The second kappa shape index (κ2) is 7.73. The van der Waals surface area contributed by atoms with Gasteiger partial charge in [0.25, 0.3) is 5.56 Å². The van der Waals surface area contributed by atoms with Gasteiger partial charge in [-0.2, -0.15) is 10.2 Å². The van der Waals surface area contributed by atoms with E-state index < -0.39 is 0 Å². The number of anilines is 1. The van der Waals surface area contributed by atoms with Gasteiger partial charge in [-0.1, -0.05) is 0 Å². The van der Waals surface area contributed by atoms with E-state index in [1.54, 1.807) is 28.1 Å². The third kappa shape index (κ3) is 3.76. The first-order valence-electron chi connectivity index (χ1n) is 10.3. The van der Waals surface area contributed by atoms with Crippen molar-refractivity contribution >= 4 is 5.82 Å². The molecule has 0 aliphatic heterocycles. The van der Waals surface area contributed by atoms with Gasteiger partial charge in [0.1, 0.15) is 18.5 Å². The van der Waals surface area contributed by atoms with Crippen LogP contribution in [-0.2, 0) is 12.8 Å². The summed E-state index contributed by atoms with van der Waals surface area (Å²) in [7, 11) is 0. The predicted molar refractivity (Wildman–Crippen MR) is 107 cm³/mol. The Balaban J connectivity index is 1.25. The molecule has 0 saturated heterocycles. The van der Waals surface area contributed by atoms with Crippen LogP contribution in [-0.4, -0.2) is 40.6 Å². The third-order valence-electron chi connectivity index (χ3n) is 5.90. The van der Waals surface area contributed by atoms with Crippen molar-refractivity contribution in [1.29, 1.82) is 0 Å². The first kappa shape index (κ1) is 18.0. The van der Waals surface area contributed by atoms with Gasteiger partial charge in [-0.25, -0.2) is 19.3 Å². The number of nitrogens with zero attached hydrogens (tertiary/aromatic N) is 7. The van der Waals surface area contributed by atoms with Crippen LogP contribution in [0.25, 0.3) is 5.82 Å². The van der Waals surface area contributed by atoms with Crippen LogP contribution in [0.5, 0.6) is 0 Å². The maximum atomic E-state index is 12.6. The Labute approximate surface area is 168 Å². The lowest BCUT2D eigenvalue weighted by Crippen LogP contribution is -2.34. The second-order valence-corrected chi connectivity index (χ2v) is 7.86. The van der Waals surface area contributed by atoms with Crippen LogP contribution in [0, 0.1) is 0 Å². The normalized spacial score (nSPS) is 21.5. The lowest BCUT2D eigenvalue weighted by Gasteiger charge is -2.30. The number of fused-ring (bicyclic) bond motifs is 1. The highest BCUT2D eigenvalue weighted by Crippen LogP contribution is 2.29. The minimum atomic E-state index is 0.0495. The van der Waals surface area contributed by atoms with Crippen LogP contribution >= 0.6 is 0 Å². The molecule has 0 bridgehead atoms. The minimum absolute atomic E-state index is 0.0495. The number of rotatable bonds is 4. The molecule has 0 spiro atoms. The number of aryl methyl sites for hydroxylation is 2. The van der Waals surface area contributed by atoms with E-state index in [0.717, 1.165) is 62.0 Å². The molecule has 2 aliphatic rings. The molecular weight excluding hydrogens is 368 g/mol. The Kier molecular flexibility index (Phi) is 4.79. The average molecular weight is 392 g/mol. The SMILES string of the molecule is O=c1cc2c(nn1C1CCC(Nc3cncc(-n4cncn4)n3)CC1)CCCC2. The number of hydrogen-bond acceptors (Lipinski definition) is 7. The molecule has 150 valence electrons. The van der Waals surface area contributed by atoms with Gasteiger partial charge in [0.15, 0.2) is 5.82 Å². The third-order valence-corrected chi connectivity index (χ3v) is 5.90. The van der Waals surface area contributed by atoms with E-state index in [0.29, 0.717) is 11.9 Å². The molecule has 9 nitrogen and oxygen atoms in total. The van der Waals surface area contributed by atoms with E-state index in [1.807, 2.05) is 6.07 Å². The van der Waals surface area contributed by atoms with Crippen molar-refractivity contribution in [3.63, 3.8) is 0 Å². The van der Waals surface area contributed by atoms with Gasteiger partial charge in [0, 0.05) is 12.1 Å². The molecule has 0 unspecified atom stereocenters. The zero-order valence-electron chi connectivity index (χ0n) is 16.2. The van der Waals surface area contributed by atoms with Crippen molar-refractivity contribution in [1.82, 2.24) is 34.5 Å². The number of hydrogen-bond donors (Lipinski definition) is 1. The van der Waals surface area contributed by atoms with Crippen LogP contribution in [0.3, 0.4) is 0 Å². The predicted octanol–water partition coefficient (Wildman–Crippen LogP) is 2.09. The summed E-state index contributed by atoms with van der Waals surface area (Å²) in [5.41, 5.74) is 2.32. The second-order valence-electron chi connectivity index (χ2n) is 7.86. The lowest BCUT2D eigenvalue weighted by molar-refractivity contribution is 0.300. The average Bonchev–Trinajstić information content (AvgIpc) is 3.29. The standard InChI is InChI=1S/C20H24N8O/c29-20-9-14-3-1-2-4-17(14)26-28(20)16-7-5-15(6-8-16)24-18-10-21-11-19(25-18)27-13-22-12-23-27/h9-13,15-16H,1-8H2,(H,24,25). The summed E-state index contributed by atoms with van der Waals surface area (Å²) in [6.07, 6.45) is 14.6. The molecular formula is C20H24N8O. The molecule has 0 atom stereocenters. The summed E-state index contributed by atoms with van der Waals surface area (Å²) in [6, 6.07) is 2.30.